The van der Waals surface area contributed by atoms with E-state index in [4.69, 9.17) is 23.7 Å². The van der Waals surface area contributed by atoms with E-state index in [1.165, 1.54) is 70.0 Å². The van der Waals surface area contributed by atoms with Crippen LogP contribution in [0.1, 0.15) is 65.7 Å². The summed E-state index contributed by atoms with van der Waals surface area (Å²) in [5, 5.41) is 27.2. The molecule has 0 radical (unpaired) electrons. The molecule has 0 unspecified atom stereocenters. The lowest BCUT2D eigenvalue weighted by molar-refractivity contribution is -0.385. The molecule has 1 saturated carbocycles. The Kier molecular flexibility index (Phi) is 14.0. The number of nitrogens with one attached hydrogen (secondary N) is 2. The largest absolute Gasteiger partial charge is 0.493 e. The van der Waals surface area contributed by atoms with Crippen LogP contribution in [0.2, 0.25) is 0 Å². The Morgan fingerprint density at radius 1 is 0.984 bits per heavy atom. The fraction of sp³-hybridized carbons (Fsp3) is 0.419. The zero-order chi connectivity index (χ0) is 44.8. The quantitative estimate of drug-likeness (QED) is 0.0377. The number of aromatic nitrogens is 1. The SMILES string of the molecule is C=C1C[C@@H](CO)N(C(=O)c2cc(OC)c(OCCCCCOc3cc4c(cc3OC)C(=O)N3CC(=C)C[C@H]3C(=O)N4)cc2NC(=O)OCC2(SSc3ccc([N+](=O)[O-])cn3)CC2)C1. The third-order valence-electron chi connectivity index (χ3n) is 11.0. The molecule has 2 aromatic carbocycles. The van der Waals surface area contributed by atoms with E-state index in [-0.39, 0.29) is 71.4 Å². The van der Waals surface area contributed by atoms with Gasteiger partial charge in [0.1, 0.15) is 23.9 Å². The lowest BCUT2D eigenvalue weighted by Gasteiger charge is -2.25. The van der Waals surface area contributed by atoms with Gasteiger partial charge in [0, 0.05) is 31.3 Å². The second-order valence-corrected chi connectivity index (χ2v) is 18.3. The summed E-state index contributed by atoms with van der Waals surface area (Å²) in [6.45, 7) is 8.89. The van der Waals surface area contributed by atoms with Gasteiger partial charge in [0.25, 0.3) is 17.5 Å². The number of carbonyl (C=O) groups is 4. The summed E-state index contributed by atoms with van der Waals surface area (Å²) < 4.78 is 28.7. The van der Waals surface area contributed by atoms with Crippen LogP contribution in [0.15, 0.2) is 71.9 Å². The molecule has 18 nitrogen and oxygen atoms in total. The number of methoxy groups -OCH3 is 2. The molecule has 1 aromatic heterocycles. The van der Waals surface area contributed by atoms with Crippen LogP contribution >= 0.6 is 21.6 Å². The van der Waals surface area contributed by atoms with Crippen molar-refractivity contribution in [1.29, 1.82) is 0 Å². The van der Waals surface area contributed by atoms with Crippen molar-refractivity contribution in [3.8, 4) is 23.0 Å². The Hall–Kier alpha value is -5.99. The number of carbonyl (C=O) groups excluding carboxylic acids is 4. The van der Waals surface area contributed by atoms with Crippen molar-refractivity contribution in [2.75, 3.05) is 64.4 Å². The number of benzene rings is 2. The first-order chi connectivity index (χ1) is 30.3. The van der Waals surface area contributed by atoms with E-state index >= 15 is 0 Å². The Morgan fingerprint density at radius 3 is 2.33 bits per heavy atom. The van der Waals surface area contributed by atoms with Crippen molar-refractivity contribution in [2.45, 2.75) is 66.8 Å². The van der Waals surface area contributed by atoms with E-state index in [1.807, 2.05) is 0 Å². The van der Waals surface area contributed by atoms with Gasteiger partial charge in [0.15, 0.2) is 23.0 Å². The Labute approximate surface area is 371 Å². The number of ether oxygens (including phenoxy) is 5. The summed E-state index contributed by atoms with van der Waals surface area (Å²) in [5.74, 6) is 0.290. The van der Waals surface area contributed by atoms with Crippen LogP contribution in [0, 0.1) is 10.1 Å². The minimum Gasteiger partial charge on any atom is -0.493 e. The van der Waals surface area contributed by atoms with Crippen molar-refractivity contribution in [3.05, 3.63) is 88.1 Å². The molecule has 3 aliphatic heterocycles. The molecule has 0 bridgehead atoms. The highest BCUT2D eigenvalue weighted by Gasteiger charge is 2.46. The smallest absolute Gasteiger partial charge is 0.411 e. The van der Waals surface area contributed by atoms with Crippen molar-refractivity contribution in [2.24, 2.45) is 0 Å². The molecule has 7 rings (SSSR count). The average molecular weight is 905 g/mol. The molecule has 20 heteroatoms. The van der Waals surface area contributed by atoms with Crippen molar-refractivity contribution in [3.63, 3.8) is 0 Å². The average Bonchev–Trinajstić information content (AvgIpc) is 3.81. The van der Waals surface area contributed by atoms with Gasteiger partial charge in [-0.3, -0.25) is 29.8 Å². The molecular formula is C43H48N6O12S2. The molecule has 3 aromatic rings. The van der Waals surface area contributed by atoms with Gasteiger partial charge in [-0.15, -0.1) is 0 Å². The number of rotatable bonds is 19. The zero-order valence-corrected chi connectivity index (χ0v) is 36.5. The molecule has 3 N–H and O–H groups in total. The lowest BCUT2D eigenvalue weighted by Crippen LogP contribution is -2.40. The van der Waals surface area contributed by atoms with Crippen molar-refractivity contribution < 1.29 is 52.9 Å². The second-order valence-electron chi connectivity index (χ2n) is 15.6. The standard InChI is InChI=1S/C43H48N6O12S2/c1-25-14-28(23-50)47(21-25)40(52)30-17-35(58-4)37(19-32(30)46-42(54)61-24-43(10-11-43)63-62-38-9-8-27(20-44-38)49(55)56)60-13-7-5-6-12-59-36-18-31-29(16-34(36)57-3)41(53)48-22-26(2)15-33(48)39(51)45-31/h8-9,16-20,28,33,50H,1-2,5-7,10-15,21-24H2,3-4H3,(H,45,51)(H,46,54)/t28-,33-/m0/s1. The minimum atomic E-state index is -0.790. The summed E-state index contributed by atoms with van der Waals surface area (Å²) in [6.07, 6.45) is 4.75. The highest BCUT2D eigenvalue weighted by atomic mass is 33.1. The van der Waals surface area contributed by atoms with E-state index < -0.39 is 29.0 Å². The predicted octanol–water partition coefficient (Wildman–Crippen LogP) is 6.64. The fourth-order valence-corrected chi connectivity index (χ4v) is 10.0. The number of nitro groups is 1. The Bertz CT molecular complexity index is 2310. The Morgan fingerprint density at radius 2 is 1.68 bits per heavy atom. The number of hydrogen-bond donors (Lipinski definition) is 3. The molecule has 334 valence electrons. The summed E-state index contributed by atoms with van der Waals surface area (Å²) in [4.78, 5) is 71.3. The third-order valence-corrected chi connectivity index (χ3v) is 14.2. The number of likely N-dealkylation sites (tertiary alicyclic amines) is 1. The zero-order valence-electron chi connectivity index (χ0n) is 34.8. The molecule has 2 atom stereocenters. The van der Waals surface area contributed by atoms with Gasteiger partial charge < -0.3 is 43.9 Å². The van der Waals surface area contributed by atoms with E-state index in [0.29, 0.717) is 73.0 Å². The maximum absolute atomic E-state index is 14.0. The van der Waals surface area contributed by atoms with Crippen LogP contribution in [0.4, 0.5) is 21.9 Å². The number of aliphatic hydroxyl groups excluding tert-OH is 1. The first-order valence-corrected chi connectivity index (χ1v) is 22.4. The maximum atomic E-state index is 14.0. The number of aliphatic hydroxyl groups is 1. The maximum Gasteiger partial charge on any atom is 0.411 e. The van der Waals surface area contributed by atoms with Crippen LogP contribution < -0.4 is 29.6 Å². The minimum absolute atomic E-state index is 0.0694. The lowest BCUT2D eigenvalue weighted by atomic mass is 10.1. The van der Waals surface area contributed by atoms with Gasteiger partial charge in [-0.2, -0.15) is 0 Å². The van der Waals surface area contributed by atoms with Gasteiger partial charge in [0.05, 0.1) is 72.3 Å². The molecule has 0 spiro atoms. The first kappa shape index (κ1) is 45.0. The number of hydrogen-bond acceptors (Lipinski definition) is 15. The van der Waals surface area contributed by atoms with Gasteiger partial charge in [-0.25, -0.2) is 9.78 Å². The van der Waals surface area contributed by atoms with Gasteiger partial charge in [-0.1, -0.05) is 35.1 Å². The topological polar surface area (TPSA) is 221 Å². The number of amides is 4. The number of nitrogens with zero attached hydrogens (tertiary/aromatic N) is 4. The first-order valence-electron chi connectivity index (χ1n) is 20.3. The van der Waals surface area contributed by atoms with E-state index in [1.54, 1.807) is 18.2 Å². The highest BCUT2D eigenvalue weighted by Crippen LogP contribution is 2.55. The number of unbranched alkanes of at least 4 members (excludes halogenated alkanes) is 2. The van der Waals surface area contributed by atoms with Crippen molar-refractivity contribution >= 4 is 62.5 Å². The van der Waals surface area contributed by atoms with Crippen LogP contribution in [0.3, 0.4) is 0 Å². The van der Waals surface area contributed by atoms with Crippen LogP contribution in [-0.4, -0.2) is 119 Å². The summed E-state index contributed by atoms with van der Waals surface area (Å²) >= 11 is 0. The summed E-state index contributed by atoms with van der Waals surface area (Å²) in [5.41, 5.74) is 2.42. The van der Waals surface area contributed by atoms with Gasteiger partial charge >= 0.3 is 6.09 Å². The molecule has 4 heterocycles. The molecule has 63 heavy (non-hydrogen) atoms. The molecule has 4 amide bonds. The molecular weight excluding hydrogens is 857 g/mol. The monoisotopic (exact) mass is 904 g/mol. The van der Waals surface area contributed by atoms with Crippen LogP contribution in [-0.2, 0) is 9.53 Å². The summed E-state index contributed by atoms with van der Waals surface area (Å²) in [7, 11) is 5.74. The van der Waals surface area contributed by atoms with E-state index in [2.05, 4.69) is 28.8 Å². The number of pyridine rings is 1. The van der Waals surface area contributed by atoms with E-state index in [0.717, 1.165) is 24.0 Å². The third kappa shape index (κ3) is 10.5. The van der Waals surface area contributed by atoms with Crippen LogP contribution in [0.5, 0.6) is 23.0 Å². The normalized spacial score (nSPS) is 18.5. The molecule has 1 aliphatic carbocycles. The second kappa shape index (κ2) is 19.6. The number of anilines is 2. The molecule has 3 fully saturated rings. The van der Waals surface area contributed by atoms with Gasteiger partial charge in [0.2, 0.25) is 5.91 Å². The molecule has 4 aliphatic rings. The predicted molar refractivity (Wildman–Crippen MR) is 235 cm³/mol. The fourth-order valence-electron chi connectivity index (χ4n) is 7.42. The van der Waals surface area contributed by atoms with Crippen molar-refractivity contribution in [1.82, 2.24) is 14.8 Å². The summed E-state index contributed by atoms with van der Waals surface area (Å²) in [6, 6.07) is 8.06. The van der Waals surface area contributed by atoms with E-state index in [9.17, 15) is 34.4 Å². The number of fused-ring (bicyclic) bond motifs is 2. The molecule has 2 saturated heterocycles. The van der Waals surface area contributed by atoms with Gasteiger partial charge in [-0.05, 0) is 73.9 Å². The van der Waals surface area contributed by atoms with Crippen LogP contribution in [0.25, 0.3) is 0 Å². The highest BCUT2D eigenvalue weighted by molar-refractivity contribution is 8.77. The Balaban J connectivity index is 0.959.